The molecule has 0 N–H and O–H groups in total. The third-order valence-electron chi connectivity index (χ3n) is 6.51. The number of unbranched alkanes of at least 4 members (excludes halogenated alkanes) is 15. The van der Waals surface area contributed by atoms with Gasteiger partial charge in [-0.3, -0.25) is 9.59 Å². The van der Waals surface area contributed by atoms with Crippen molar-refractivity contribution in [2.45, 2.75) is 142 Å². The van der Waals surface area contributed by atoms with Gasteiger partial charge in [0, 0.05) is 13.8 Å². The molecule has 35 heavy (non-hydrogen) atoms. The average Bonchev–Trinajstić information content (AvgIpc) is 2.81. The van der Waals surface area contributed by atoms with E-state index in [-0.39, 0.29) is 11.9 Å². The Bertz CT molecular complexity index is 744. The fraction of sp³-hybridized carbons (Fsp3) is 0.733. The Morgan fingerprint density at radius 3 is 1.51 bits per heavy atom. The van der Waals surface area contributed by atoms with Gasteiger partial charge in [-0.2, -0.15) is 0 Å². The summed E-state index contributed by atoms with van der Waals surface area (Å²) in [6, 6.07) is 1.83. The zero-order valence-corrected chi connectivity index (χ0v) is 24.0. The van der Waals surface area contributed by atoms with Crippen LogP contribution in [0.25, 0.3) is 0 Å². The molecule has 0 aliphatic rings. The lowest BCUT2D eigenvalue weighted by Crippen LogP contribution is -2.08. The molecule has 0 heterocycles. The summed E-state index contributed by atoms with van der Waals surface area (Å²) in [5, 5.41) is 0. The van der Waals surface area contributed by atoms with Crippen molar-refractivity contribution in [2.24, 2.45) is 0 Å². The molecule has 200 valence electrons. The van der Waals surface area contributed by atoms with Crippen molar-refractivity contribution in [3.63, 3.8) is 0 Å². The van der Waals surface area contributed by atoms with E-state index in [0.29, 0.717) is 11.5 Å². The monoisotopic (exact) mass is 506 g/mol. The number of rotatable bonds is 20. The summed E-state index contributed by atoms with van der Waals surface area (Å²) in [6.07, 6.45) is 21.8. The molecule has 0 radical (unpaired) electrons. The van der Waals surface area contributed by atoms with E-state index in [1.54, 1.807) is 11.8 Å². The Hall–Kier alpha value is -1.49. The molecular formula is C30H50O4S. The third kappa shape index (κ3) is 14.6. The first kappa shape index (κ1) is 31.5. The normalized spacial score (nSPS) is 11.0. The summed E-state index contributed by atoms with van der Waals surface area (Å²) < 4.78 is 10.9. The molecule has 0 aliphatic heterocycles. The molecule has 0 aromatic heterocycles. The molecule has 0 amide bonds. The van der Waals surface area contributed by atoms with Gasteiger partial charge in [-0.1, -0.05) is 103 Å². The van der Waals surface area contributed by atoms with E-state index in [1.807, 2.05) is 19.9 Å². The first-order valence-corrected chi connectivity index (χ1v) is 15.0. The number of thioether (sulfide) groups is 1. The second-order valence-electron chi connectivity index (χ2n) is 9.79. The largest absolute Gasteiger partial charge is 0.426 e. The summed E-state index contributed by atoms with van der Waals surface area (Å²) in [5.74, 6) is 1.40. The third-order valence-corrected chi connectivity index (χ3v) is 7.62. The predicted octanol–water partition coefficient (Wildman–Crippen LogP) is 9.51. The minimum absolute atomic E-state index is 0.336. The van der Waals surface area contributed by atoms with Crippen LogP contribution in [-0.4, -0.2) is 17.7 Å². The molecule has 5 heteroatoms. The highest BCUT2D eigenvalue weighted by atomic mass is 32.2. The number of esters is 2. The highest BCUT2D eigenvalue weighted by Gasteiger charge is 2.18. The van der Waals surface area contributed by atoms with Gasteiger partial charge < -0.3 is 9.47 Å². The summed E-state index contributed by atoms with van der Waals surface area (Å²) >= 11 is 1.67. The Balaban J connectivity index is 2.20. The van der Waals surface area contributed by atoms with Crippen LogP contribution in [-0.2, 0) is 9.59 Å². The highest BCUT2D eigenvalue weighted by Crippen LogP contribution is 2.40. The zero-order valence-electron chi connectivity index (χ0n) is 23.1. The van der Waals surface area contributed by atoms with Crippen LogP contribution >= 0.6 is 11.8 Å². The van der Waals surface area contributed by atoms with Gasteiger partial charge in [0.25, 0.3) is 0 Å². The van der Waals surface area contributed by atoms with Gasteiger partial charge in [0.15, 0.2) is 0 Å². The van der Waals surface area contributed by atoms with Crippen molar-refractivity contribution in [1.29, 1.82) is 0 Å². The van der Waals surface area contributed by atoms with Gasteiger partial charge in [-0.25, -0.2) is 0 Å². The average molecular weight is 507 g/mol. The van der Waals surface area contributed by atoms with E-state index < -0.39 is 0 Å². The molecule has 0 atom stereocenters. The minimum Gasteiger partial charge on any atom is -0.426 e. The van der Waals surface area contributed by atoms with Gasteiger partial charge in [0.1, 0.15) is 11.5 Å². The number of hydrogen-bond donors (Lipinski definition) is 0. The van der Waals surface area contributed by atoms with E-state index in [2.05, 4.69) is 6.92 Å². The zero-order chi connectivity index (χ0) is 25.9. The van der Waals surface area contributed by atoms with Gasteiger partial charge in [-0.15, -0.1) is 11.8 Å². The topological polar surface area (TPSA) is 52.6 Å². The molecule has 1 aromatic carbocycles. The molecule has 0 unspecified atom stereocenters. The van der Waals surface area contributed by atoms with E-state index >= 15 is 0 Å². The maximum Gasteiger partial charge on any atom is 0.308 e. The van der Waals surface area contributed by atoms with Crippen LogP contribution in [0.4, 0.5) is 0 Å². The fourth-order valence-electron chi connectivity index (χ4n) is 4.30. The van der Waals surface area contributed by atoms with Crippen molar-refractivity contribution in [3.8, 4) is 11.5 Å². The van der Waals surface area contributed by atoms with Crippen LogP contribution in [0.15, 0.2) is 11.0 Å². The molecule has 1 rings (SSSR count). The lowest BCUT2D eigenvalue weighted by atomic mass is 10.0. The number of carbonyl (C=O) groups excluding carboxylic acids is 2. The van der Waals surface area contributed by atoms with Crippen LogP contribution in [0.3, 0.4) is 0 Å². The van der Waals surface area contributed by atoms with E-state index in [1.165, 1.54) is 110 Å². The Morgan fingerprint density at radius 2 is 1.09 bits per heavy atom. The number of ether oxygens (including phenoxy) is 2. The Morgan fingerprint density at radius 1 is 0.657 bits per heavy atom. The minimum atomic E-state index is -0.346. The summed E-state index contributed by atoms with van der Waals surface area (Å²) in [7, 11) is 0. The van der Waals surface area contributed by atoms with Crippen LogP contribution in [0.2, 0.25) is 0 Å². The number of benzene rings is 1. The summed E-state index contributed by atoms with van der Waals surface area (Å²) in [6.45, 7) is 8.88. The smallest absolute Gasteiger partial charge is 0.308 e. The van der Waals surface area contributed by atoms with Crippen molar-refractivity contribution in [3.05, 3.63) is 17.2 Å². The summed E-state index contributed by atoms with van der Waals surface area (Å²) in [4.78, 5) is 23.9. The van der Waals surface area contributed by atoms with E-state index in [4.69, 9.17) is 9.47 Å². The molecule has 0 fully saturated rings. The van der Waals surface area contributed by atoms with Crippen LogP contribution in [0.1, 0.15) is 135 Å². The molecule has 0 bridgehead atoms. The number of hydrogen-bond acceptors (Lipinski definition) is 5. The second-order valence-corrected chi connectivity index (χ2v) is 10.9. The van der Waals surface area contributed by atoms with Crippen LogP contribution < -0.4 is 9.47 Å². The van der Waals surface area contributed by atoms with Gasteiger partial charge >= 0.3 is 11.9 Å². The van der Waals surface area contributed by atoms with Crippen LogP contribution in [0, 0.1) is 13.8 Å². The molecule has 0 aliphatic carbocycles. The van der Waals surface area contributed by atoms with E-state index in [0.717, 1.165) is 28.2 Å². The standard InChI is InChI=1S/C30H50O4S/c1-6-7-8-9-10-11-12-13-14-15-16-17-18-19-20-21-22-35-29-23-28(33-26(4)31)24(2)25(3)30(29)34-27(5)32/h23H,6-22H2,1-5H3. The molecule has 0 saturated carbocycles. The molecule has 0 saturated heterocycles. The van der Waals surface area contributed by atoms with Gasteiger partial charge in [0.05, 0.1) is 4.90 Å². The van der Waals surface area contributed by atoms with Crippen molar-refractivity contribution >= 4 is 23.7 Å². The lowest BCUT2D eigenvalue weighted by Gasteiger charge is -2.17. The maximum atomic E-state index is 11.6. The van der Waals surface area contributed by atoms with Crippen molar-refractivity contribution < 1.29 is 19.1 Å². The second kappa shape index (κ2) is 19.7. The van der Waals surface area contributed by atoms with Crippen LogP contribution in [0.5, 0.6) is 11.5 Å². The summed E-state index contributed by atoms with van der Waals surface area (Å²) in [5.41, 5.74) is 1.66. The molecular weight excluding hydrogens is 456 g/mol. The van der Waals surface area contributed by atoms with Crippen molar-refractivity contribution in [1.82, 2.24) is 0 Å². The maximum absolute atomic E-state index is 11.6. The van der Waals surface area contributed by atoms with E-state index in [9.17, 15) is 9.59 Å². The van der Waals surface area contributed by atoms with Gasteiger partial charge in [-0.05, 0) is 43.2 Å². The first-order valence-electron chi connectivity index (χ1n) is 14.0. The first-order chi connectivity index (χ1) is 16.9. The lowest BCUT2D eigenvalue weighted by molar-refractivity contribution is -0.133. The van der Waals surface area contributed by atoms with Crippen molar-refractivity contribution in [2.75, 3.05) is 5.75 Å². The molecule has 4 nitrogen and oxygen atoms in total. The fourth-order valence-corrected chi connectivity index (χ4v) is 5.39. The number of carbonyl (C=O) groups is 2. The quantitative estimate of drug-likeness (QED) is 0.0762. The Kier molecular flexibility index (Phi) is 17.7. The molecule has 0 spiro atoms. The highest BCUT2D eigenvalue weighted by molar-refractivity contribution is 7.99. The SMILES string of the molecule is CCCCCCCCCCCCCCCCCCSc1cc(OC(C)=O)c(C)c(C)c1OC(C)=O. The molecule has 1 aromatic rings. The van der Waals surface area contributed by atoms with Gasteiger partial charge in [0.2, 0.25) is 0 Å². The Labute approximate surface area is 219 Å². The predicted molar refractivity (Wildman–Crippen MR) is 149 cm³/mol.